The van der Waals surface area contributed by atoms with E-state index in [1.54, 1.807) is 6.92 Å². The van der Waals surface area contributed by atoms with Gasteiger partial charge < -0.3 is 10.1 Å². The number of amides is 1. The van der Waals surface area contributed by atoms with Crippen LogP contribution in [-0.2, 0) is 9.53 Å². The minimum atomic E-state index is -0.434. The Morgan fingerprint density at radius 1 is 1.41 bits per heavy atom. The van der Waals surface area contributed by atoms with Crippen LogP contribution in [0, 0.1) is 0 Å². The predicted octanol–water partition coefficient (Wildman–Crippen LogP) is 2.94. The fourth-order valence-electron chi connectivity index (χ4n) is 1.51. The Kier molecular flexibility index (Phi) is 5.45. The molecule has 0 saturated heterocycles. The lowest BCUT2D eigenvalue weighted by atomic mass is 10.0. The average molecular weight is 256 g/mol. The van der Waals surface area contributed by atoms with E-state index in [4.69, 9.17) is 16.3 Å². The van der Waals surface area contributed by atoms with Crippen molar-refractivity contribution in [2.75, 3.05) is 7.11 Å². The second-order valence-corrected chi connectivity index (χ2v) is 4.34. The Balaban J connectivity index is 2.72. The second kappa shape index (κ2) is 6.62. The highest BCUT2D eigenvalue weighted by atomic mass is 35.5. The van der Waals surface area contributed by atoms with Crippen LogP contribution >= 0.6 is 11.6 Å². The Bertz CT molecular complexity index is 364. The molecule has 0 spiro atoms. The Morgan fingerprint density at radius 2 is 2.00 bits per heavy atom. The maximum atomic E-state index is 11.7. The predicted molar refractivity (Wildman–Crippen MR) is 69.1 cm³/mol. The van der Waals surface area contributed by atoms with Crippen LogP contribution in [0.15, 0.2) is 24.3 Å². The summed E-state index contributed by atoms with van der Waals surface area (Å²) in [6, 6.07) is 7.50. The highest BCUT2D eigenvalue weighted by Gasteiger charge is 2.17. The van der Waals surface area contributed by atoms with Crippen molar-refractivity contribution >= 4 is 17.5 Å². The first kappa shape index (κ1) is 14.0. The van der Waals surface area contributed by atoms with Crippen molar-refractivity contribution in [2.24, 2.45) is 0 Å². The third kappa shape index (κ3) is 4.02. The topological polar surface area (TPSA) is 38.3 Å². The van der Waals surface area contributed by atoms with E-state index in [0.29, 0.717) is 5.02 Å². The lowest BCUT2D eigenvalue weighted by Gasteiger charge is -2.19. The van der Waals surface area contributed by atoms with Crippen molar-refractivity contribution in [3.63, 3.8) is 0 Å². The van der Waals surface area contributed by atoms with E-state index >= 15 is 0 Å². The molecule has 0 fully saturated rings. The number of halogens is 1. The van der Waals surface area contributed by atoms with Crippen LogP contribution in [0.3, 0.4) is 0 Å². The SMILES string of the molecule is CCC(NC(=O)C(C)OC)c1ccc(Cl)cc1. The van der Waals surface area contributed by atoms with Crippen LogP contribution in [0.4, 0.5) is 0 Å². The molecule has 0 heterocycles. The quantitative estimate of drug-likeness (QED) is 0.879. The van der Waals surface area contributed by atoms with Crippen LogP contribution in [0.25, 0.3) is 0 Å². The largest absolute Gasteiger partial charge is 0.372 e. The molecule has 1 aromatic rings. The first-order chi connectivity index (χ1) is 8.08. The zero-order chi connectivity index (χ0) is 12.8. The normalized spacial score (nSPS) is 14.1. The van der Waals surface area contributed by atoms with Gasteiger partial charge in [0.25, 0.3) is 0 Å². The van der Waals surface area contributed by atoms with E-state index in [2.05, 4.69) is 5.32 Å². The van der Waals surface area contributed by atoms with Gasteiger partial charge in [-0.2, -0.15) is 0 Å². The van der Waals surface area contributed by atoms with Crippen molar-refractivity contribution in [3.05, 3.63) is 34.9 Å². The van der Waals surface area contributed by atoms with Gasteiger partial charge in [0.05, 0.1) is 6.04 Å². The van der Waals surface area contributed by atoms with E-state index < -0.39 is 6.10 Å². The first-order valence-corrected chi connectivity index (χ1v) is 6.05. The molecule has 4 heteroatoms. The van der Waals surface area contributed by atoms with Gasteiger partial charge in [-0.3, -0.25) is 4.79 Å². The third-order valence-corrected chi connectivity index (χ3v) is 2.97. The second-order valence-electron chi connectivity index (χ2n) is 3.90. The monoisotopic (exact) mass is 255 g/mol. The summed E-state index contributed by atoms with van der Waals surface area (Å²) in [6.07, 6.45) is 0.389. The smallest absolute Gasteiger partial charge is 0.249 e. The third-order valence-electron chi connectivity index (χ3n) is 2.72. The number of carbonyl (C=O) groups is 1. The Hall–Kier alpha value is -1.06. The summed E-state index contributed by atoms with van der Waals surface area (Å²) >= 11 is 5.83. The van der Waals surface area contributed by atoms with Gasteiger partial charge in [0.15, 0.2) is 0 Å². The van der Waals surface area contributed by atoms with E-state index in [1.165, 1.54) is 7.11 Å². The minimum Gasteiger partial charge on any atom is -0.372 e. The van der Waals surface area contributed by atoms with Crippen molar-refractivity contribution < 1.29 is 9.53 Å². The zero-order valence-electron chi connectivity index (χ0n) is 10.4. The minimum absolute atomic E-state index is 0.00244. The van der Waals surface area contributed by atoms with Crippen molar-refractivity contribution in [2.45, 2.75) is 32.4 Å². The number of nitrogens with one attached hydrogen (secondary N) is 1. The van der Waals surface area contributed by atoms with Crippen molar-refractivity contribution in [1.29, 1.82) is 0 Å². The van der Waals surface area contributed by atoms with Crippen LogP contribution in [-0.4, -0.2) is 19.1 Å². The summed E-state index contributed by atoms with van der Waals surface area (Å²) in [6.45, 7) is 3.75. The number of ether oxygens (including phenoxy) is 1. The average Bonchev–Trinajstić information content (AvgIpc) is 2.35. The van der Waals surface area contributed by atoms with Crippen LogP contribution in [0.1, 0.15) is 31.9 Å². The summed E-state index contributed by atoms with van der Waals surface area (Å²) in [5.74, 6) is -0.103. The molecule has 0 bridgehead atoms. The molecule has 2 atom stereocenters. The molecular weight excluding hydrogens is 238 g/mol. The van der Waals surface area contributed by atoms with E-state index in [0.717, 1.165) is 12.0 Å². The van der Waals surface area contributed by atoms with Crippen LogP contribution in [0.2, 0.25) is 5.02 Å². The van der Waals surface area contributed by atoms with Gasteiger partial charge in [0.2, 0.25) is 5.91 Å². The zero-order valence-corrected chi connectivity index (χ0v) is 11.1. The van der Waals surface area contributed by atoms with Crippen LogP contribution < -0.4 is 5.32 Å². The summed E-state index contributed by atoms with van der Waals surface area (Å²) < 4.78 is 4.98. The maximum absolute atomic E-state index is 11.7. The molecule has 2 unspecified atom stereocenters. The van der Waals surface area contributed by atoms with E-state index in [9.17, 15) is 4.79 Å². The van der Waals surface area contributed by atoms with E-state index in [1.807, 2.05) is 31.2 Å². The summed E-state index contributed by atoms with van der Waals surface area (Å²) in [7, 11) is 1.52. The van der Waals surface area contributed by atoms with Gasteiger partial charge in [-0.15, -0.1) is 0 Å². The number of hydrogen-bond acceptors (Lipinski definition) is 2. The summed E-state index contributed by atoms with van der Waals surface area (Å²) in [5.41, 5.74) is 1.05. The standard InChI is InChI=1S/C13H18ClNO2/c1-4-12(15-13(16)9(2)17-3)10-5-7-11(14)8-6-10/h5-9,12H,4H2,1-3H3,(H,15,16). The number of methoxy groups -OCH3 is 1. The van der Waals surface area contributed by atoms with E-state index in [-0.39, 0.29) is 11.9 Å². The van der Waals surface area contributed by atoms with Gasteiger partial charge in [-0.05, 0) is 31.0 Å². The number of rotatable bonds is 5. The van der Waals surface area contributed by atoms with Gasteiger partial charge in [0, 0.05) is 12.1 Å². The molecule has 0 radical (unpaired) electrons. The lowest BCUT2D eigenvalue weighted by molar-refractivity contribution is -0.130. The molecule has 1 aromatic carbocycles. The highest BCUT2D eigenvalue weighted by Crippen LogP contribution is 2.19. The molecule has 0 aliphatic carbocycles. The number of carbonyl (C=O) groups excluding carboxylic acids is 1. The van der Waals surface area contributed by atoms with Gasteiger partial charge >= 0.3 is 0 Å². The molecule has 94 valence electrons. The van der Waals surface area contributed by atoms with Crippen molar-refractivity contribution in [3.8, 4) is 0 Å². The highest BCUT2D eigenvalue weighted by molar-refractivity contribution is 6.30. The lowest BCUT2D eigenvalue weighted by Crippen LogP contribution is -2.36. The molecule has 0 saturated carbocycles. The molecular formula is C13H18ClNO2. The molecule has 1 rings (SSSR count). The van der Waals surface area contributed by atoms with Crippen LogP contribution in [0.5, 0.6) is 0 Å². The van der Waals surface area contributed by atoms with Crippen molar-refractivity contribution in [1.82, 2.24) is 5.32 Å². The van der Waals surface area contributed by atoms with Gasteiger partial charge in [0.1, 0.15) is 6.10 Å². The van der Waals surface area contributed by atoms with Gasteiger partial charge in [-0.25, -0.2) is 0 Å². The fourth-order valence-corrected chi connectivity index (χ4v) is 1.64. The Morgan fingerprint density at radius 3 is 2.47 bits per heavy atom. The molecule has 3 nitrogen and oxygen atoms in total. The maximum Gasteiger partial charge on any atom is 0.249 e. The summed E-state index contributed by atoms with van der Waals surface area (Å²) in [5, 5.41) is 3.64. The Labute approximate surface area is 107 Å². The molecule has 0 aromatic heterocycles. The molecule has 1 amide bonds. The fraction of sp³-hybridized carbons (Fsp3) is 0.462. The molecule has 0 aliphatic rings. The van der Waals surface area contributed by atoms with Gasteiger partial charge in [-0.1, -0.05) is 30.7 Å². The summed E-state index contributed by atoms with van der Waals surface area (Å²) in [4.78, 5) is 11.7. The first-order valence-electron chi connectivity index (χ1n) is 5.67. The number of benzene rings is 1. The number of hydrogen-bond donors (Lipinski definition) is 1. The molecule has 17 heavy (non-hydrogen) atoms. The molecule has 0 aliphatic heterocycles. The molecule has 1 N–H and O–H groups in total.